The maximum atomic E-state index is 8.61. The molecule has 0 radical (unpaired) electrons. The Balaban J connectivity index is 2.42. The van der Waals surface area contributed by atoms with Gasteiger partial charge in [-0.25, -0.2) is 0 Å². The smallest absolute Gasteiger partial charge is 0.170 e. The summed E-state index contributed by atoms with van der Waals surface area (Å²) in [7, 11) is 1.64. The molecule has 0 aromatic rings. The van der Waals surface area contributed by atoms with E-state index in [9.17, 15) is 0 Å². The molecule has 11 heavy (non-hydrogen) atoms. The summed E-state index contributed by atoms with van der Waals surface area (Å²) < 4.78 is 10.4. The van der Waals surface area contributed by atoms with Gasteiger partial charge < -0.3 is 14.6 Å². The van der Waals surface area contributed by atoms with Crippen molar-refractivity contribution in [3.63, 3.8) is 0 Å². The van der Waals surface area contributed by atoms with Gasteiger partial charge in [0.25, 0.3) is 0 Å². The van der Waals surface area contributed by atoms with Crippen LogP contribution in [0.1, 0.15) is 32.1 Å². The van der Waals surface area contributed by atoms with Gasteiger partial charge in [-0.15, -0.1) is 0 Å². The van der Waals surface area contributed by atoms with Gasteiger partial charge in [0.2, 0.25) is 0 Å². The van der Waals surface area contributed by atoms with Crippen LogP contribution in [-0.2, 0) is 9.47 Å². The number of aliphatic hydroxyl groups is 1. The van der Waals surface area contributed by atoms with Crippen molar-refractivity contribution < 1.29 is 14.6 Å². The molecule has 1 aliphatic carbocycles. The lowest BCUT2D eigenvalue weighted by Gasteiger charge is -2.34. The van der Waals surface area contributed by atoms with Crippen molar-refractivity contribution in [1.29, 1.82) is 0 Å². The molecule has 0 spiro atoms. The van der Waals surface area contributed by atoms with Gasteiger partial charge in [0, 0.05) is 20.0 Å². The van der Waals surface area contributed by atoms with E-state index in [-0.39, 0.29) is 6.79 Å². The Morgan fingerprint density at radius 2 is 1.91 bits per heavy atom. The van der Waals surface area contributed by atoms with Crippen LogP contribution in [0.5, 0.6) is 0 Å². The van der Waals surface area contributed by atoms with Crippen LogP contribution in [-0.4, -0.2) is 24.8 Å². The molecule has 1 fully saturated rings. The number of hydrogen-bond donors (Lipinski definition) is 1. The zero-order valence-electron chi connectivity index (χ0n) is 7.01. The fourth-order valence-corrected chi connectivity index (χ4v) is 1.62. The van der Waals surface area contributed by atoms with Gasteiger partial charge in [0.1, 0.15) is 6.79 Å². The molecule has 3 heteroatoms. The van der Waals surface area contributed by atoms with E-state index in [0.29, 0.717) is 0 Å². The second kappa shape index (κ2) is 4.04. The minimum Gasteiger partial charge on any atom is -0.371 e. The van der Waals surface area contributed by atoms with Gasteiger partial charge in [-0.1, -0.05) is 6.42 Å². The van der Waals surface area contributed by atoms with Crippen LogP contribution < -0.4 is 0 Å². The average Bonchev–Trinajstić information content (AvgIpc) is 2.07. The van der Waals surface area contributed by atoms with Gasteiger partial charge in [-0.3, -0.25) is 0 Å². The van der Waals surface area contributed by atoms with E-state index < -0.39 is 5.79 Å². The summed E-state index contributed by atoms with van der Waals surface area (Å²) in [4.78, 5) is 0. The highest BCUT2D eigenvalue weighted by Gasteiger charge is 2.32. The third kappa shape index (κ3) is 2.15. The Morgan fingerprint density at radius 1 is 1.27 bits per heavy atom. The fraction of sp³-hybridized carbons (Fsp3) is 1.00. The Labute approximate surface area is 67.3 Å². The second-order valence-corrected chi connectivity index (χ2v) is 2.95. The standard InChI is InChI=1S/C8H16O3/c1-10-8(11-7-9)5-3-2-4-6-8/h9H,2-7H2,1H3. The first kappa shape index (κ1) is 8.97. The molecule has 66 valence electrons. The van der Waals surface area contributed by atoms with Crippen LogP contribution in [0.2, 0.25) is 0 Å². The van der Waals surface area contributed by atoms with E-state index >= 15 is 0 Å². The lowest BCUT2D eigenvalue weighted by atomic mass is 9.94. The largest absolute Gasteiger partial charge is 0.371 e. The Bertz CT molecular complexity index is 102. The van der Waals surface area contributed by atoms with Crippen molar-refractivity contribution >= 4 is 0 Å². The lowest BCUT2D eigenvalue weighted by molar-refractivity contribution is -0.265. The van der Waals surface area contributed by atoms with Gasteiger partial charge in [-0.05, 0) is 12.8 Å². The highest BCUT2D eigenvalue weighted by molar-refractivity contribution is 4.74. The summed E-state index contributed by atoms with van der Waals surface area (Å²) in [5, 5.41) is 8.61. The van der Waals surface area contributed by atoms with Crippen molar-refractivity contribution in [1.82, 2.24) is 0 Å². The monoisotopic (exact) mass is 160 g/mol. The number of methoxy groups -OCH3 is 1. The zero-order valence-corrected chi connectivity index (χ0v) is 7.01. The van der Waals surface area contributed by atoms with E-state index in [4.69, 9.17) is 14.6 Å². The van der Waals surface area contributed by atoms with E-state index in [2.05, 4.69) is 0 Å². The van der Waals surface area contributed by atoms with Crippen LogP contribution in [0.3, 0.4) is 0 Å². The van der Waals surface area contributed by atoms with Gasteiger partial charge in [0.05, 0.1) is 0 Å². The molecule has 0 bridgehead atoms. The molecule has 0 heterocycles. The lowest BCUT2D eigenvalue weighted by Crippen LogP contribution is -2.37. The fourth-order valence-electron chi connectivity index (χ4n) is 1.62. The predicted octanol–water partition coefficient (Wildman–Crippen LogP) is 1.26. The number of rotatable bonds is 3. The van der Waals surface area contributed by atoms with Crippen LogP contribution >= 0.6 is 0 Å². The minimum atomic E-state index is -0.479. The Hall–Kier alpha value is -0.120. The molecule has 0 aromatic carbocycles. The quantitative estimate of drug-likeness (QED) is 0.632. The highest BCUT2D eigenvalue weighted by Crippen LogP contribution is 2.31. The minimum absolute atomic E-state index is 0.242. The molecule has 0 amide bonds. The summed E-state index contributed by atoms with van der Waals surface area (Å²) in [6, 6.07) is 0. The van der Waals surface area contributed by atoms with Crippen LogP contribution in [0, 0.1) is 0 Å². The molecular weight excluding hydrogens is 144 g/mol. The maximum absolute atomic E-state index is 8.61. The first-order valence-electron chi connectivity index (χ1n) is 4.13. The predicted molar refractivity (Wildman–Crippen MR) is 41.0 cm³/mol. The van der Waals surface area contributed by atoms with Gasteiger partial charge >= 0.3 is 0 Å². The summed E-state index contributed by atoms with van der Waals surface area (Å²) >= 11 is 0. The van der Waals surface area contributed by atoms with Crippen LogP contribution in [0.25, 0.3) is 0 Å². The molecule has 0 atom stereocenters. The summed E-state index contributed by atoms with van der Waals surface area (Å²) in [6.07, 6.45) is 5.33. The third-order valence-corrected chi connectivity index (χ3v) is 2.31. The van der Waals surface area contributed by atoms with Crippen LogP contribution in [0.15, 0.2) is 0 Å². The summed E-state index contributed by atoms with van der Waals surface area (Å²) in [6.45, 7) is -0.242. The molecule has 0 saturated heterocycles. The van der Waals surface area contributed by atoms with Crippen molar-refractivity contribution in [2.45, 2.75) is 37.9 Å². The molecule has 1 saturated carbocycles. The van der Waals surface area contributed by atoms with Crippen molar-refractivity contribution in [3.05, 3.63) is 0 Å². The first-order chi connectivity index (χ1) is 5.33. The molecule has 0 unspecified atom stereocenters. The van der Waals surface area contributed by atoms with E-state index in [0.717, 1.165) is 25.7 Å². The molecular formula is C8H16O3. The molecule has 0 aromatic heterocycles. The Morgan fingerprint density at radius 3 is 2.36 bits per heavy atom. The van der Waals surface area contributed by atoms with E-state index in [1.54, 1.807) is 7.11 Å². The SMILES string of the molecule is COC1(OCO)CCCCC1. The molecule has 3 nitrogen and oxygen atoms in total. The van der Waals surface area contributed by atoms with Crippen molar-refractivity contribution in [2.75, 3.05) is 13.9 Å². The van der Waals surface area contributed by atoms with Crippen LogP contribution in [0.4, 0.5) is 0 Å². The number of hydrogen-bond acceptors (Lipinski definition) is 3. The van der Waals surface area contributed by atoms with E-state index in [1.165, 1.54) is 6.42 Å². The second-order valence-electron chi connectivity index (χ2n) is 2.95. The first-order valence-corrected chi connectivity index (χ1v) is 4.13. The molecule has 1 aliphatic rings. The van der Waals surface area contributed by atoms with Gasteiger partial charge in [-0.2, -0.15) is 0 Å². The molecule has 1 rings (SSSR count). The molecule has 1 N–H and O–H groups in total. The number of aliphatic hydroxyl groups excluding tert-OH is 1. The van der Waals surface area contributed by atoms with Crippen molar-refractivity contribution in [3.8, 4) is 0 Å². The number of ether oxygens (including phenoxy) is 2. The van der Waals surface area contributed by atoms with Gasteiger partial charge in [0.15, 0.2) is 5.79 Å². The van der Waals surface area contributed by atoms with Crippen molar-refractivity contribution in [2.24, 2.45) is 0 Å². The average molecular weight is 160 g/mol. The zero-order chi connectivity index (χ0) is 8.16. The topological polar surface area (TPSA) is 38.7 Å². The molecule has 0 aliphatic heterocycles. The highest BCUT2D eigenvalue weighted by atomic mass is 16.7. The normalized spacial score (nSPS) is 23.5. The maximum Gasteiger partial charge on any atom is 0.170 e. The summed E-state index contributed by atoms with van der Waals surface area (Å²) in [5.74, 6) is -0.479. The Kier molecular flexibility index (Phi) is 3.30. The third-order valence-electron chi connectivity index (χ3n) is 2.31. The van der Waals surface area contributed by atoms with E-state index in [1.807, 2.05) is 0 Å². The summed E-state index contributed by atoms with van der Waals surface area (Å²) in [5.41, 5.74) is 0.